The Balaban J connectivity index is 1.31. The number of para-hydroxylation sites is 1. The summed E-state index contributed by atoms with van der Waals surface area (Å²) < 4.78 is 1.74. The van der Waals surface area contributed by atoms with Crippen LogP contribution in [0.1, 0.15) is 21.6 Å². The van der Waals surface area contributed by atoms with Gasteiger partial charge in [-0.05, 0) is 60.2 Å². The van der Waals surface area contributed by atoms with E-state index in [1.165, 1.54) is 5.56 Å². The van der Waals surface area contributed by atoms with Crippen LogP contribution in [0.4, 0.5) is 5.95 Å². The van der Waals surface area contributed by atoms with Gasteiger partial charge in [-0.25, -0.2) is 0 Å². The lowest BCUT2D eigenvalue weighted by Crippen LogP contribution is -2.49. The van der Waals surface area contributed by atoms with Gasteiger partial charge in [0, 0.05) is 48.3 Å². The van der Waals surface area contributed by atoms with Gasteiger partial charge in [0.15, 0.2) is 0 Å². The van der Waals surface area contributed by atoms with Crippen molar-refractivity contribution in [3.8, 4) is 5.69 Å². The first kappa shape index (κ1) is 18.4. The standard InChI is InChI=1S/C22H23N7O/c1-15-16(2)23-20-9-8-17(14-19(15)20)21(30)27-10-12-28(13-11-27)22-24-25-26-29(22)18-6-4-3-5-7-18/h3-9,14,23H,10-13H2,1-2H3. The number of H-pyrrole nitrogens is 1. The van der Waals surface area contributed by atoms with E-state index in [1.807, 2.05) is 53.4 Å². The summed E-state index contributed by atoms with van der Waals surface area (Å²) in [6, 6.07) is 15.7. The molecule has 3 heterocycles. The van der Waals surface area contributed by atoms with Crippen LogP contribution < -0.4 is 4.90 Å². The molecule has 1 amide bonds. The Morgan fingerprint density at radius 1 is 1.00 bits per heavy atom. The van der Waals surface area contributed by atoms with E-state index in [1.54, 1.807) is 4.68 Å². The number of nitrogens with one attached hydrogen (secondary N) is 1. The van der Waals surface area contributed by atoms with E-state index in [0.29, 0.717) is 32.1 Å². The Bertz CT molecular complexity index is 1200. The van der Waals surface area contributed by atoms with Gasteiger partial charge in [0.05, 0.1) is 5.69 Å². The molecule has 0 atom stereocenters. The number of rotatable bonds is 3. The summed E-state index contributed by atoms with van der Waals surface area (Å²) in [5.41, 5.74) is 5.05. The zero-order valence-electron chi connectivity index (χ0n) is 17.0. The Morgan fingerprint density at radius 2 is 1.77 bits per heavy atom. The van der Waals surface area contributed by atoms with Gasteiger partial charge in [-0.1, -0.05) is 23.3 Å². The number of fused-ring (bicyclic) bond motifs is 1. The second-order valence-electron chi connectivity index (χ2n) is 7.64. The number of anilines is 1. The Kier molecular flexibility index (Phi) is 4.46. The van der Waals surface area contributed by atoms with Gasteiger partial charge < -0.3 is 14.8 Å². The lowest BCUT2D eigenvalue weighted by atomic mass is 10.1. The third-order valence-corrected chi connectivity index (χ3v) is 5.86. The molecule has 0 aliphatic carbocycles. The average Bonchev–Trinajstić information content (AvgIpc) is 3.39. The van der Waals surface area contributed by atoms with E-state index in [9.17, 15) is 4.79 Å². The van der Waals surface area contributed by atoms with Gasteiger partial charge in [-0.2, -0.15) is 4.68 Å². The van der Waals surface area contributed by atoms with Crippen molar-refractivity contribution in [2.45, 2.75) is 13.8 Å². The molecule has 1 N–H and O–H groups in total. The van der Waals surface area contributed by atoms with Crippen LogP contribution in [0.15, 0.2) is 48.5 Å². The van der Waals surface area contributed by atoms with Crippen molar-refractivity contribution < 1.29 is 4.79 Å². The summed E-state index contributed by atoms with van der Waals surface area (Å²) in [6.45, 7) is 6.76. The molecule has 0 saturated carbocycles. The summed E-state index contributed by atoms with van der Waals surface area (Å²) >= 11 is 0. The number of carbonyl (C=O) groups excluding carboxylic acids is 1. The average molecular weight is 401 g/mol. The van der Waals surface area contributed by atoms with Crippen molar-refractivity contribution in [2.75, 3.05) is 31.1 Å². The zero-order valence-corrected chi connectivity index (χ0v) is 17.0. The lowest BCUT2D eigenvalue weighted by Gasteiger charge is -2.34. The molecule has 2 aromatic heterocycles. The van der Waals surface area contributed by atoms with Crippen LogP contribution in [-0.2, 0) is 0 Å². The Morgan fingerprint density at radius 3 is 2.53 bits per heavy atom. The molecule has 0 spiro atoms. The highest BCUT2D eigenvalue weighted by Crippen LogP contribution is 2.24. The fourth-order valence-corrected chi connectivity index (χ4v) is 4.00. The molecule has 1 fully saturated rings. The number of hydrogen-bond acceptors (Lipinski definition) is 5. The highest BCUT2D eigenvalue weighted by Gasteiger charge is 2.26. The summed E-state index contributed by atoms with van der Waals surface area (Å²) in [6.07, 6.45) is 0. The lowest BCUT2D eigenvalue weighted by molar-refractivity contribution is 0.0746. The van der Waals surface area contributed by atoms with Gasteiger partial charge >= 0.3 is 0 Å². The Hall–Kier alpha value is -3.68. The smallest absolute Gasteiger partial charge is 0.253 e. The van der Waals surface area contributed by atoms with Crippen molar-refractivity contribution in [1.29, 1.82) is 0 Å². The summed E-state index contributed by atoms with van der Waals surface area (Å²) in [5, 5.41) is 13.3. The van der Waals surface area contributed by atoms with Crippen molar-refractivity contribution >= 4 is 22.8 Å². The van der Waals surface area contributed by atoms with E-state index in [2.05, 4.69) is 39.3 Å². The molecule has 152 valence electrons. The van der Waals surface area contributed by atoms with Crippen LogP contribution in [0.3, 0.4) is 0 Å². The van der Waals surface area contributed by atoms with Crippen LogP contribution in [0.5, 0.6) is 0 Å². The van der Waals surface area contributed by atoms with Crippen molar-refractivity contribution in [3.05, 3.63) is 65.4 Å². The number of benzene rings is 2. The maximum absolute atomic E-state index is 13.1. The van der Waals surface area contributed by atoms with Crippen LogP contribution >= 0.6 is 0 Å². The number of aryl methyl sites for hydroxylation is 2. The monoisotopic (exact) mass is 401 g/mol. The van der Waals surface area contributed by atoms with Crippen molar-refractivity contribution in [1.82, 2.24) is 30.1 Å². The van der Waals surface area contributed by atoms with Gasteiger partial charge in [0.2, 0.25) is 5.95 Å². The number of carbonyl (C=O) groups is 1. The topological polar surface area (TPSA) is 82.9 Å². The van der Waals surface area contributed by atoms with E-state index < -0.39 is 0 Å². The minimum atomic E-state index is 0.0671. The minimum Gasteiger partial charge on any atom is -0.358 e. The minimum absolute atomic E-state index is 0.0671. The van der Waals surface area contributed by atoms with Crippen LogP contribution in [-0.4, -0.2) is 62.2 Å². The highest BCUT2D eigenvalue weighted by atomic mass is 16.2. The number of aromatic amines is 1. The van der Waals surface area contributed by atoms with Crippen LogP contribution in [0.2, 0.25) is 0 Å². The van der Waals surface area contributed by atoms with E-state index >= 15 is 0 Å². The van der Waals surface area contributed by atoms with Gasteiger partial charge in [-0.3, -0.25) is 4.79 Å². The maximum atomic E-state index is 13.1. The normalized spacial score (nSPS) is 14.5. The number of hydrogen-bond donors (Lipinski definition) is 1. The predicted molar refractivity (Wildman–Crippen MR) is 115 cm³/mol. The molecule has 1 aliphatic heterocycles. The largest absolute Gasteiger partial charge is 0.358 e. The van der Waals surface area contributed by atoms with Crippen molar-refractivity contribution in [2.24, 2.45) is 0 Å². The second kappa shape index (κ2) is 7.29. The molecule has 0 unspecified atom stereocenters. The molecular weight excluding hydrogens is 378 g/mol. The SMILES string of the molecule is Cc1[nH]c2ccc(C(=O)N3CCN(c4nnnn4-c4ccccc4)CC3)cc2c1C. The fraction of sp³-hybridized carbons (Fsp3) is 0.273. The van der Waals surface area contributed by atoms with Gasteiger partial charge in [0.25, 0.3) is 5.91 Å². The number of amides is 1. The molecule has 2 aromatic carbocycles. The predicted octanol–water partition coefficient (Wildman–Crippen LogP) is 2.72. The molecule has 8 nitrogen and oxygen atoms in total. The summed E-state index contributed by atoms with van der Waals surface area (Å²) in [4.78, 5) is 20.5. The number of tetrazole rings is 1. The van der Waals surface area contributed by atoms with E-state index in [-0.39, 0.29) is 5.91 Å². The molecular formula is C22H23N7O. The first-order chi connectivity index (χ1) is 14.6. The second-order valence-corrected chi connectivity index (χ2v) is 7.64. The molecule has 1 aliphatic rings. The molecule has 5 rings (SSSR count). The quantitative estimate of drug-likeness (QED) is 0.571. The molecule has 30 heavy (non-hydrogen) atoms. The van der Waals surface area contributed by atoms with E-state index in [4.69, 9.17) is 0 Å². The first-order valence-corrected chi connectivity index (χ1v) is 10.1. The summed E-state index contributed by atoms with van der Waals surface area (Å²) in [7, 11) is 0. The van der Waals surface area contributed by atoms with Crippen LogP contribution in [0, 0.1) is 13.8 Å². The molecule has 4 aromatic rings. The number of aromatic nitrogens is 5. The first-order valence-electron chi connectivity index (χ1n) is 10.1. The molecule has 8 heteroatoms. The molecule has 0 bridgehead atoms. The Labute approximate surface area is 174 Å². The fourth-order valence-electron chi connectivity index (χ4n) is 4.00. The van der Waals surface area contributed by atoms with Crippen LogP contribution in [0.25, 0.3) is 16.6 Å². The summed E-state index contributed by atoms with van der Waals surface area (Å²) in [5.74, 6) is 0.769. The number of nitrogens with zero attached hydrogens (tertiary/aromatic N) is 6. The van der Waals surface area contributed by atoms with E-state index in [0.717, 1.165) is 27.8 Å². The maximum Gasteiger partial charge on any atom is 0.253 e. The third-order valence-electron chi connectivity index (χ3n) is 5.86. The third kappa shape index (κ3) is 3.10. The zero-order chi connectivity index (χ0) is 20.7. The van der Waals surface area contributed by atoms with Crippen molar-refractivity contribution in [3.63, 3.8) is 0 Å². The molecule has 1 saturated heterocycles. The van der Waals surface area contributed by atoms with Gasteiger partial charge in [-0.15, -0.1) is 0 Å². The molecule has 0 radical (unpaired) electrons. The van der Waals surface area contributed by atoms with Gasteiger partial charge in [0.1, 0.15) is 0 Å². The number of piperazine rings is 1. The highest BCUT2D eigenvalue weighted by molar-refractivity contribution is 5.99.